The van der Waals surface area contributed by atoms with Gasteiger partial charge >= 0.3 is 0 Å². The summed E-state index contributed by atoms with van der Waals surface area (Å²) in [6.07, 6.45) is 1.81. The number of hydrogen-bond acceptors (Lipinski definition) is 2. The maximum absolute atomic E-state index is 13.8. The molecule has 0 amide bonds. The minimum atomic E-state index is -0.313. The van der Waals surface area contributed by atoms with Crippen molar-refractivity contribution in [2.45, 2.75) is 19.3 Å². The van der Waals surface area contributed by atoms with Gasteiger partial charge < -0.3 is 4.57 Å². The zero-order valence-corrected chi connectivity index (χ0v) is 13.6. The maximum Gasteiger partial charge on any atom is 0.139 e. The summed E-state index contributed by atoms with van der Waals surface area (Å²) >= 11 is 9.15. The average Bonchev–Trinajstić information content (AvgIpc) is 2.79. The van der Waals surface area contributed by atoms with Gasteiger partial charge in [-0.1, -0.05) is 6.07 Å². The second kappa shape index (κ2) is 5.73. The van der Waals surface area contributed by atoms with Gasteiger partial charge in [-0.25, -0.2) is 9.37 Å². The van der Waals surface area contributed by atoms with E-state index in [0.717, 1.165) is 22.3 Å². The highest BCUT2D eigenvalue weighted by Crippen LogP contribution is 2.25. The lowest BCUT2D eigenvalue weighted by molar-refractivity contribution is 0.621. The zero-order valence-electron chi connectivity index (χ0n) is 11.3. The van der Waals surface area contributed by atoms with Crippen molar-refractivity contribution in [1.29, 1.82) is 0 Å². The van der Waals surface area contributed by atoms with Crippen LogP contribution in [-0.4, -0.2) is 14.5 Å². The van der Waals surface area contributed by atoms with Crippen molar-refractivity contribution in [1.82, 2.24) is 14.5 Å². The van der Waals surface area contributed by atoms with Crippen LogP contribution in [0, 0.1) is 12.7 Å². The van der Waals surface area contributed by atoms with Gasteiger partial charge in [0.05, 0.1) is 27.9 Å². The number of imidazole rings is 1. The molecule has 6 heteroatoms. The lowest BCUT2D eigenvalue weighted by Crippen LogP contribution is -2.04. The quantitative estimate of drug-likeness (QED) is 0.640. The summed E-state index contributed by atoms with van der Waals surface area (Å²) in [6, 6.07) is 7.10. The number of fused-ring (bicyclic) bond motifs is 1. The van der Waals surface area contributed by atoms with Gasteiger partial charge in [0.25, 0.3) is 0 Å². The summed E-state index contributed by atoms with van der Waals surface area (Å²) < 4.78 is 16.1. The topological polar surface area (TPSA) is 30.7 Å². The third-order valence-electron chi connectivity index (χ3n) is 3.30. The van der Waals surface area contributed by atoms with Crippen molar-refractivity contribution in [3.63, 3.8) is 0 Å². The fourth-order valence-electron chi connectivity index (χ4n) is 2.22. The zero-order chi connectivity index (χ0) is 15.0. The van der Waals surface area contributed by atoms with E-state index in [4.69, 9.17) is 11.6 Å². The molecule has 3 rings (SSSR count). The first-order valence-corrected chi connectivity index (χ1v) is 7.73. The van der Waals surface area contributed by atoms with E-state index in [1.807, 2.05) is 29.8 Å². The Morgan fingerprint density at radius 3 is 2.81 bits per heavy atom. The predicted molar refractivity (Wildman–Crippen MR) is 85.0 cm³/mol. The molecule has 3 aromatic rings. The van der Waals surface area contributed by atoms with Crippen LogP contribution < -0.4 is 0 Å². The molecule has 0 radical (unpaired) electrons. The van der Waals surface area contributed by atoms with Crippen LogP contribution in [0.4, 0.5) is 4.39 Å². The van der Waals surface area contributed by atoms with E-state index in [1.54, 1.807) is 6.07 Å². The Bertz CT molecular complexity index is 799. The molecule has 0 N–H and O–H groups in total. The molecule has 0 atom stereocenters. The standard InChI is InChI=1S/C15H12BrClFN3/c1-9-2-3-10(7-19-9)8-21-14-5-12(18)11(16)4-13(14)20-15(21)6-17/h2-5,7H,6,8H2,1H3. The summed E-state index contributed by atoms with van der Waals surface area (Å²) in [5, 5.41) is 0. The number of pyridine rings is 1. The molecule has 0 fully saturated rings. The van der Waals surface area contributed by atoms with E-state index < -0.39 is 0 Å². The molecular formula is C15H12BrClFN3. The summed E-state index contributed by atoms with van der Waals surface area (Å²) in [5.74, 6) is 0.671. The number of halogens is 3. The fraction of sp³-hybridized carbons (Fsp3) is 0.200. The van der Waals surface area contributed by atoms with Crippen LogP contribution in [-0.2, 0) is 12.4 Å². The average molecular weight is 369 g/mol. The van der Waals surface area contributed by atoms with E-state index in [-0.39, 0.29) is 11.7 Å². The third-order valence-corrected chi connectivity index (χ3v) is 4.15. The Morgan fingerprint density at radius 2 is 2.14 bits per heavy atom. The molecule has 0 aliphatic carbocycles. The molecule has 21 heavy (non-hydrogen) atoms. The van der Waals surface area contributed by atoms with Crippen molar-refractivity contribution in [2.24, 2.45) is 0 Å². The number of aryl methyl sites for hydroxylation is 1. The van der Waals surface area contributed by atoms with Gasteiger partial charge in [-0.05, 0) is 40.5 Å². The number of alkyl halides is 1. The molecule has 0 aliphatic rings. The van der Waals surface area contributed by atoms with Gasteiger partial charge in [0.2, 0.25) is 0 Å². The van der Waals surface area contributed by atoms with Crippen molar-refractivity contribution in [3.05, 3.63) is 57.8 Å². The van der Waals surface area contributed by atoms with Gasteiger partial charge in [0, 0.05) is 18.0 Å². The molecule has 2 aromatic heterocycles. The normalized spacial score (nSPS) is 11.2. The Balaban J connectivity index is 2.11. The Morgan fingerprint density at radius 1 is 1.33 bits per heavy atom. The van der Waals surface area contributed by atoms with Crippen molar-refractivity contribution < 1.29 is 4.39 Å². The number of nitrogens with zero attached hydrogens (tertiary/aromatic N) is 3. The molecular weight excluding hydrogens is 357 g/mol. The van der Waals surface area contributed by atoms with Gasteiger partial charge in [-0.3, -0.25) is 4.98 Å². The molecule has 0 bridgehead atoms. The van der Waals surface area contributed by atoms with E-state index in [9.17, 15) is 4.39 Å². The van der Waals surface area contributed by atoms with Crippen LogP contribution >= 0.6 is 27.5 Å². The molecule has 0 saturated carbocycles. The molecule has 2 heterocycles. The minimum Gasteiger partial charge on any atom is -0.322 e. The van der Waals surface area contributed by atoms with Crippen LogP contribution in [0.5, 0.6) is 0 Å². The number of benzene rings is 1. The largest absolute Gasteiger partial charge is 0.322 e. The minimum absolute atomic E-state index is 0.271. The molecule has 0 spiro atoms. The number of aromatic nitrogens is 3. The molecule has 3 nitrogen and oxygen atoms in total. The Hall–Kier alpha value is -1.46. The van der Waals surface area contributed by atoms with Crippen molar-refractivity contribution in [2.75, 3.05) is 0 Å². The summed E-state index contributed by atoms with van der Waals surface area (Å²) in [5.41, 5.74) is 3.43. The second-order valence-electron chi connectivity index (χ2n) is 4.81. The van der Waals surface area contributed by atoms with E-state index in [2.05, 4.69) is 25.9 Å². The number of hydrogen-bond donors (Lipinski definition) is 0. The smallest absolute Gasteiger partial charge is 0.139 e. The third kappa shape index (κ3) is 2.80. The molecule has 0 unspecified atom stereocenters. The summed E-state index contributed by atoms with van der Waals surface area (Å²) in [6.45, 7) is 2.50. The maximum atomic E-state index is 13.8. The highest BCUT2D eigenvalue weighted by molar-refractivity contribution is 9.10. The Kier molecular flexibility index (Phi) is 3.95. The highest BCUT2D eigenvalue weighted by atomic mass is 79.9. The monoisotopic (exact) mass is 367 g/mol. The summed E-state index contributed by atoms with van der Waals surface area (Å²) in [4.78, 5) is 8.74. The second-order valence-corrected chi connectivity index (χ2v) is 5.93. The van der Waals surface area contributed by atoms with Crippen molar-refractivity contribution in [3.8, 4) is 0 Å². The first-order chi connectivity index (χ1) is 10.1. The van der Waals surface area contributed by atoms with Gasteiger partial charge in [0.15, 0.2) is 0 Å². The van der Waals surface area contributed by atoms with E-state index in [1.165, 1.54) is 6.07 Å². The van der Waals surface area contributed by atoms with Crippen LogP contribution in [0.25, 0.3) is 11.0 Å². The Labute approximate surface area is 134 Å². The van der Waals surface area contributed by atoms with Crippen LogP contribution in [0.1, 0.15) is 17.1 Å². The van der Waals surface area contributed by atoms with Crippen molar-refractivity contribution >= 4 is 38.6 Å². The molecule has 0 aliphatic heterocycles. The fourth-order valence-corrected chi connectivity index (χ4v) is 2.76. The van der Waals surface area contributed by atoms with Crippen LogP contribution in [0.15, 0.2) is 34.9 Å². The molecule has 108 valence electrons. The predicted octanol–water partition coefficient (Wildman–Crippen LogP) is 4.43. The first-order valence-electron chi connectivity index (χ1n) is 6.40. The van der Waals surface area contributed by atoms with Gasteiger partial charge in [0.1, 0.15) is 11.6 Å². The molecule has 0 saturated heterocycles. The summed E-state index contributed by atoms with van der Waals surface area (Å²) in [7, 11) is 0. The SMILES string of the molecule is Cc1ccc(Cn2c(CCl)nc3cc(Br)c(F)cc32)cn1. The molecule has 1 aromatic carbocycles. The van der Waals surface area contributed by atoms with Gasteiger partial charge in [-0.2, -0.15) is 0 Å². The van der Waals surface area contributed by atoms with Gasteiger partial charge in [-0.15, -0.1) is 11.6 Å². The number of rotatable bonds is 3. The van der Waals surface area contributed by atoms with E-state index >= 15 is 0 Å². The van der Waals surface area contributed by atoms with Crippen LogP contribution in [0.3, 0.4) is 0 Å². The highest BCUT2D eigenvalue weighted by Gasteiger charge is 2.13. The first kappa shape index (κ1) is 14.5. The van der Waals surface area contributed by atoms with Crippen LogP contribution in [0.2, 0.25) is 0 Å². The lowest BCUT2D eigenvalue weighted by Gasteiger charge is -2.08. The lowest BCUT2D eigenvalue weighted by atomic mass is 10.2. The van der Waals surface area contributed by atoms with E-state index in [0.29, 0.717) is 16.8 Å².